The maximum atomic E-state index is 6.17. The largest absolute Gasteiger partial charge is 0.495 e. The van der Waals surface area contributed by atoms with E-state index < -0.39 is 0 Å². The number of halogens is 1. The first-order valence-electron chi connectivity index (χ1n) is 5.83. The lowest BCUT2D eigenvalue weighted by molar-refractivity contribution is 0.413. The number of nitrogens with two attached hydrogens (primary N) is 1. The molecule has 3 nitrogen and oxygen atoms in total. The molecule has 0 saturated carbocycles. The first-order valence-corrected chi connectivity index (χ1v) is 6.21. The van der Waals surface area contributed by atoms with E-state index in [0.29, 0.717) is 10.8 Å². The molecule has 0 bridgehead atoms. The smallest absolute Gasteiger partial charge is 0.137 e. The minimum atomic E-state index is -0.309. The fourth-order valence-corrected chi connectivity index (χ4v) is 1.98. The van der Waals surface area contributed by atoms with Gasteiger partial charge in [-0.3, -0.25) is 0 Å². The van der Waals surface area contributed by atoms with Gasteiger partial charge in [-0.1, -0.05) is 24.6 Å². The Hall–Kier alpha value is -1.45. The lowest BCUT2D eigenvalue weighted by atomic mass is 10.1. The Labute approximate surface area is 111 Å². The van der Waals surface area contributed by atoms with Gasteiger partial charge in [-0.05, 0) is 29.8 Å². The van der Waals surface area contributed by atoms with Crippen LogP contribution in [-0.4, -0.2) is 7.11 Å². The van der Waals surface area contributed by atoms with Gasteiger partial charge in [0, 0.05) is 6.42 Å². The van der Waals surface area contributed by atoms with Crippen LogP contribution in [0.1, 0.15) is 30.0 Å². The number of furan rings is 1. The molecule has 1 heterocycles. The normalized spacial score (nSPS) is 12.4. The van der Waals surface area contributed by atoms with Crippen LogP contribution in [0.3, 0.4) is 0 Å². The van der Waals surface area contributed by atoms with Crippen molar-refractivity contribution in [2.24, 2.45) is 5.73 Å². The van der Waals surface area contributed by atoms with Gasteiger partial charge < -0.3 is 14.9 Å². The Morgan fingerprint density at radius 1 is 1.33 bits per heavy atom. The molecule has 0 amide bonds. The Balaban J connectivity index is 2.30. The fraction of sp³-hybridized carbons (Fsp3) is 0.286. The predicted molar refractivity (Wildman–Crippen MR) is 72.1 cm³/mol. The fourth-order valence-electron chi connectivity index (χ4n) is 1.79. The van der Waals surface area contributed by atoms with Gasteiger partial charge >= 0.3 is 0 Å². The highest BCUT2D eigenvalue weighted by Crippen LogP contribution is 2.30. The Kier molecular flexibility index (Phi) is 3.94. The summed E-state index contributed by atoms with van der Waals surface area (Å²) in [6, 6.07) is 9.04. The summed E-state index contributed by atoms with van der Waals surface area (Å²) in [6.07, 6.45) is 0.858. The van der Waals surface area contributed by atoms with Crippen LogP contribution < -0.4 is 10.5 Å². The van der Waals surface area contributed by atoms with E-state index in [1.165, 1.54) is 0 Å². The van der Waals surface area contributed by atoms with Crippen LogP contribution in [0.25, 0.3) is 0 Å². The number of hydrogen-bond donors (Lipinski definition) is 1. The molecule has 1 aromatic carbocycles. The zero-order valence-electron chi connectivity index (χ0n) is 10.4. The van der Waals surface area contributed by atoms with Gasteiger partial charge in [0.15, 0.2) is 0 Å². The van der Waals surface area contributed by atoms with Gasteiger partial charge in [-0.2, -0.15) is 0 Å². The van der Waals surface area contributed by atoms with Gasteiger partial charge in [0.05, 0.1) is 18.2 Å². The van der Waals surface area contributed by atoms with Crippen molar-refractivity contribution < 1.29 is 9.15 Å². The highest BCUT2D eigenvalue weighted by molar-refractivity contribution is 6.32. The summed E-state index contributed by atoms with van der Waals surface area (Å²) in [4.78, 5) is 0. The van der Waals surface area contributed by atoms with E-state index >= 15 is 0 Å². The number of rotatable bonds is 4. The number of ether oxygens (including phenoxy) is 1. The van der Waals surface area contributed by atoms with Crippen molar-refractivity contribution in [1.29, 1.82) is 0 Å². The van der Waals surface area contributed by atoms with Gasteiger partial charge in [0.25, 0.3) is 0 Å². The van der Waals surface area contributed by atoms with E-state index in [4.69, 9.17) is 26.5 Å². The average Bonchev–Trinajstić information content (AvgIpc) is 2.87. The van der Waals surface area contributed by atoms with Crippen LogP contribution in [0.2, 0.25) is 5.02 Å². The molecule has 0 fully saturated rings. The molecular formula is C14H16ClNO2. The maximum Gasteiger partial charge on any atom is 0.137 e. The topological polar surface area (TPSA) is 48.4 Å². The molecule has 1 aromatic heterocycles. The van der Waals surface area contributed by atoms with E-state index in [-0.39, 0.29) is 6.04 Å². The molecule has 2 rings (SSSR count). The molecule has 0 saturated heterocycles. The Morgan fingerprint density at radius 2 is 2.11 bits per heavy atom. The predicted octanol–water partition coefficient (Wildman–Crippen LogP) is 3.55. The third-order valence-corrected chi connectivity index (χ3v) is 3.18. The van der Waals surface area contributed by atoms with E-state index in [1.54, 1.807) is 13.2 Å². The second-order valence-corrected chi connectivity index (χ2v) is 4.44. The maximum absolute atomic E-state index is 6.17. The summed E-state index contributed by atoms with van der Waals surface area (Å²) in [6.45, 7) is 2.04. The van der Waals surface area contributed by atoms with Crippen LogP contribution >= 0.6 is 11.6 Å². The molecule has 0 spiro atoms. The van der Waals surface area contributed by atoms with Crippen molar-refractivity contribution in [3.05, 3.63) is 52.4 Å². The molecule has 1 unspecified atom stereocenters. The van der Waals surface area contributed by atoms with Gasteiger partial charge in [0.1, 0.15) is 17.3 Å². The van der Waals surface area contributed by atoms with Crippen LogP contribution in [-0.2, 0) is 6.42 Å². The number of hydrogen-bond acceptors (Lipinski definition) is 3. The first kappa shape index (κ1) is 13.0. The molecule has 0 aliphatic rings. The number of benzene rings is 1. The first-order chi connectivity index (χ1) is 8.65. The van der Waals surface area contributed by atoms with Crippen LogP contribution in [0.4, 0.5) is 0 Å². The highest BCUT2D eigenvalue weighted by Gasteiger charge is 2.14. The summed E-state index contributed by atoms with van der Waals surface area (Å²) >= 11 is 5.98. The minimum absolute atomic E-state index is 0.309. The zero-order chi connectivity index (χ0) is 13.1. The van der Waals surface area contributed by atoms with E-state index in [0.717, 1.165) is 23.5 Å². The van der Waals surface area contributed by atoms with Crippen molar-refractivity contribution in [3.8, 4) is 5.75 Å². The summed E-state index contributed by atoms with van der Waals surface area (Å²) < 4.78 is 10.8. The summed E-state index contributed by atoms with van der Waals surface area (Å²) in [5.74, 6) is 2.30. The Bertz CT molecular complexity index is 536. The molecule has 0 radical (unpaired) electrons. The monoisotopic (exact) mass is 265 g/mol. The lowest BCUT2D eigenvalue weighted by Crippen LogP contribution is -2.11. The van der Waals surface area contributed by atoms with Crippen LogP contribution in [0.5, 0.6) is 5.75 Å². The molecule has 0 aliphatic heterocycles. The number of methoxy groups -OCH3 is 1. The van der Waals surface area contributed by atoms with E-state index in [9.17, 15) is 0 Å². The standard InChI is InChI=1S/C14H16ClNO2/c1-3-10-5-7-12(18-10)14(16)9-4-6-11(15)13(8-9)17-2/h4-8,14H,3,16H2,1-2H3. The van der Waals surface area contributed by atoms with Crippen molar-refractivity contribution in [3.63, 3.8) is 0 Å². The molecule has 18 heavy (non-hydrogen) atoms. The quantitative estimate of drug-likeness (QED) is 0.920. The molecule has 2 aromatic rings. The summed E-state index contributed by atoms with van der Waals surface area (Å²) in [7, 11) is 1.58. The van der Waals surface area contributed by atoms with E-state index in [2.05, 4.69) is 0 Å². The van der Waals surface area contributed by atoms with Crippen LogP contribution in [0, 0.1) is 0 Å². The van der Waals surface area contributed by atoms with Gasteiger partial charge in [-0.15, -0.1) is 0 Å². The second kappa shape index (κ2) is 5.46. The summed E-state index contributed by atoms with van der Waals surface area (Å²) in [5.41, 5.74) is 7.08. The minimum Gasteiger partial charge on any atom is -0.495 e. The van der Waals surface area contributed by atoms with Crippen molar-refractivity contribution >= 4 is 11.6 Å². The molecule has 2 N–H and O–H groups in total. The summed E-state index contributed by atoms with van der Waals surface area (Å²) in [5, 5.41) is 0.571. The highest BCUT2D eigenvalue weighted by atomic mass is 35.5. The number of aryl methyl sites for hydroxylation is 1. The molecule has 1 atom stereocenters. The molecule has 4 heteroatoms. The zero-order valence-corrected chi connectivity index (χ0v) is 11.2. The third kappa shape index (κ3) is 2.52. The Morgan fingerprint density at radius 3 is 2.72 bits per heavy atom. The third-order valence-electron chi connectivity index (χ3n) is 2.87. The van der Waals surface area contributed by atoms with E-state index in [1.807, 2.05) is 31.2 Å². The average molecular weight is 266 g/mol. The lowest BCUT2D eigenvalue weighted by Gasteiger charge is -2.11. The van der Waals surface area contributed by atoms with Gasteiger partial charge in [-0.25, -0.2) is 0 Å². The molecule has 0 aliphatic carbocycles. The van der Waals surface area contributed by atoms with Crippen molar-refractivity contribution in [1.82, 2.24) is 0 Å². The van der Waals surface area contributed by atoms with Crippen molar-refractivity contribution in [2.45, 2.75) is 19.4 Å². The van der Waals surface area contributed by atoms with Gasteiger partial charge in [0.2, 0.25) is 0 Å². The van der Waals surface area contributed by atoms with Crippen molar-refractivity contribution in [2.75, 3.05) is 7.11 Å². The molecule has 96 valence electrons. The van der Waals surface area contributed by atoms with Crippen LogP contribution in [0.15, 0.2) is 34.7 Å². The second-order valence-electron chi connectivity index (χ2n) is 4.03. The SMILES string of the molecule is CCc1ccc(C(N)c2ccc(Cl)c(OC)c2)o1. The molecular weight excluding hydrogens is 250 g/mol.